The highest BCUT2D eigenvalue weighted by Gasteiger charge is 2.20. The highest BCUT2D eigenvalue weighted by molar-refractivity contribution is 7.11. The van der Waals surface area contributed by atoms with Gasteiger partial charge in [-0.2, -0.15) is 0 Å². The lowest BCUT2D eigenvalue weighted by Crippen LogP contribution is -2.37. The van der Waals surface area contributed by atoms with Crippen molar-refractivity contribution < 1.29 is 9.84 Å². The highest BCUT2D eigenvalue weighted by atomic mass is 32.1. The summed E-state index contributed by atoms with van der Waals surface area (Å²) in [6, 6.07) is 8.77. The summed E-state index contributed by atoms with van der Waals surface area (Å²) in [5.41, 5.74) is 0. The molecule has 0 radical (unpaired) electrons. The fourth-order valence-electron chi connectivity index (χ4n) is 2.02. The van der Waals surface area contributed by atoms with Gasteiger partial charge in [-0.3, -0.25) is 5.32 Å². The van der Waals surface area contributed by atoms with Crippen LogP contribution in [-0.2, 0) is 4.74 Å². The number of rotatable bonds is 8. The number of ether oxygens (including phenoxy) is 1. The van der Waals surface area contributed by atoms with Crippen molar-refractivity contribution in [3.63, 3.8) is 0 Å². The van der Waals surface area contributed by atoms with Gasteiger partial charge in [-0.25, -0.2) is 0 Å². The molecule has 2 heterocycles. The quantitative estimate of drug-likeness (QED) is 0.787. The molecule has 0 spiro atoms. The lowest BCUT2D eigenvalue weighted by molar-refractivity contribution is 0.145. The summed E-state index contributed by atoms with van der Waals surface area (Å²) in [5.74, 6) is 0. The molecule has 0 bridgehead atoms. The normalized spacial score (nSPS) is 13.0. The number of thiophene rings is 2. The van der Waals surface area contributed by atoms with Crippen LogP contribution >= 0.6 is 22.7 Å². The maximum Gasteiger partial charge on any atom is 0.0767 e. The van der Waals surface area contributed by atoms with Crippen LogP contribution in [0.25, 0.3) is 0 Å². The first-order chi connectivity index (χ1) is 9.35. The first-order valence-corrected chi connectivity index (χ1v) is 8.03. The van der Waals surface area contributed by atoms with Crippen LogP contribution in [-0.4, -0.2) is 31.5 Å². The topological polar surface area (TPSA) is 41.5 Å². The molecule has 2 N–H and O–H groups in total. The van der Waals surface area contributed by atoms with E-state index in [0.717, 1.165) is 0 Å². The molecule has 19 heavy (non-hydrogen) atoms. The fraction of sp³-hybridized carbons (Fsp3) is 0.429. The molecule has 0 saturated heterocycles. The molecule has 0 aliphatic heterocycles. The minimum Gasteiger partial charge on any atom is -0.396 e. The summed E-state index contributed by atoms with van der Waals surface area (Å²) < 4.78 is 5.23. The standard InChI is InChI=1S/C14H19NO2S2/c1-17-10-11(6-7-16)15-14(12-4-2-8-18-12)13-5-3-9-19-13/h2-5,8-9,11,14-16H,6-7,10H2,1H3. The summed E-state index contributed by atoms with van der Waals surface area (Å²) in [7, 11) is 1.69. The third-order valence-corrected chi connectivity index (χ3v) is 4.78. The fourth-order valence-corrected chi connectivity index (χ4v) is 3.70. The Labute approximate surface area is 121 Å². The van der Waals surface area contributed by atoms with Crippen LogP contribution in [0.1, 0.15) is 22.2 Å². The Morgan fingerprint density at radius 3 is 2.26 bits per heavy atom. The maximum atomic E-state index is 9.15. The third kappa shape index (κ3) is 4.12. The molecule has 0 aromatic carbocycles. The predicted octanol–water partition coefficient (Wildman–Crippen LogP) is 2.89. The van der Waals surface area contributed by atoms with Crippen LogP contribution < -0.4 is 5.32 Å². The van der Waals surface area contributed by atoms with Crippen molar-refractivity contribution in [2.24, 2.45) is 0 Å². The van der Waals surface area contributed by atoms with Gasteiger partial charge in [-0.1, -0.05) is 12.1 Å². The minimum absolute atomic E-state index is 0.157. The maximum absolute atomic E-state index is 9.15. The van der Waals surface area contributed by atoms with Gasteiger partial charge >= 0.3 is 0 Å². The summed E-state index contributed by atoms with van der Waals surface area (Å²) in [5, 5.41) is 16.9. The third-order valence-electron chi connectivity index (χ3n) is 2.90. The van der Waals surface area contributed by atoms with E-state index < -0.39 is 0 Å². The van der Waals surface area contributed by atoms with E-state index in [0.29, 0.717) is 13.0 Å². The number of hydrogen-bond donors (Lipinski definition) is 2. The van der Waals surface area contributed by atoms with Crippen LogP contribution in [0, 0.1) is 0 Å². The number of aliphatic hydroxyl groups is 1. The largest absolute Gasteiger partial charge is 0.396 e. The van der Waals surface area contributed by atoms with Crippen LogP contribution in [0.5, 0.6) is 0 Å². The predicted molar refractivity (Wildman–Crippen MR) is 81.0 cm³/mol. The number of aliphatic hydroxyl groups excluding tert-OH is 1. The number of nitrogens with one attached hydrogen (secondary N) is 1. The van der Waals surface area contributed by atoms with Crippen molar-refractivity contribution in [1.29, 1.82) is 0 Å². The molecular weight excluding hydrogens is 278 g/mol. The summed E-state index contributed by atoms with van der Waals surface area (Å²) in [6.45, 7) is 0.774. The van der Waals surface area contributed by atoms with Crippen molar-refractivity contribution in [2.45, 2.75) is 18.5 Å². The number of methoxy groups -OCH3 is 1. The van der Waals surface area contributed by atoms with Crippen LogP contribution in [0.15, 0.2) is 35.0 Å². The molecule has 2 rings (SSSR count). The molecule has 0 amide bonds. The second-order valence-corrected chi connectivity index (χ2v) is 6.25. The van der Waals surface area contributed by atoms with E-state index in [9.17, 15) is 0 Å². The Morgan fingerprint density at radius 1 is 1.21 bits per heavy atom. The molecule has 0 aliphatic carbocycles. The van der Waals surface area contributed by atoms with Crippen molar-refractivity contribution in [1.82, 2.24) is 5.32 Å². The van der Waals surface area contributed by atoms with E-state index in [1.54, 1.807) is 29.8 Å². The van der Waals surface area contributed by atoms with Crippen molar-refractivity contribution >= 4 is 22.7 Å². The van der Waals surface area contributed by atoms with E-state index in [4.69, 9.17) is 9.84 Å². The molecule has 1 atom stereocenters. The molecular formula is C14H19NO2S2. The van der Waals surface area contributed by atoms with Gasteiger partial charge in [0, 0.05) is 29.5 Å². The SMILES string of the molecule is COCC(CCO)NC(c1cccs1)c1cccs1. The average Bonchev–Trinajstić information content (AvgIpc) is 3.09. The lowest BCUT2D eigenvalue weighted by atomic mass is 10.1. The van der Waals surface area contributed by atoms with Crippen LogP contribution in [0.4, 0.5) is 0 Å². The van der Waals surface area contributed by atoms with Crippen molar-refractivity contribution in [3.8, 4) is 0 Å². The van der Waals surface area contributed by atoms with Crippen LogP contribution in [0.3, 0.4) is 0 Å². The van der Waals surface area contributed by atoms with E-state index in [1.165, 1.54) is 9.75 Å². The van der Waals surface area contributed by atoms with E-state index in [2.05, 4.69) is 40.3 Å². The minimum atomic E-state index is 0.157. The second-order valence-electron chi connectivity index (χ2n) is 4.30. The van der Waals surface area contributed by atoms with Gasteiger partial charge in [-0.15, -0.1) is 22.7 Å². The zero-order valence-corrected chi connectivity index (χ0v) is 12.5. The van der Waals surface area contributed by atoms with Gasteiger partial charge in [0.2, 0.25) is 0 Å². The first kappa shape index (κ1) is 14.7. The van der Waals surface area contributed by atoms with E-state index >= 15 is 0 Å². The first-order valence-electron chi connectivity index (χ1n) is 6.27. The van der Waals surface area contributed by atoms with Gasteiger partial charge in [0.15, 0.2) is 0 Å². The molecule has 3 nitrogen and oxygen atoms in total. The lowest BCUT2D eigenvalue weighted by Gasteiger charge is -2.23. The van der Waals surface area contributed by atoms with Gasteiger partial charge in [0.1, 0.15) is 0 Å². The molecule has 2 aromatic heterocycles. The molecule has 1 unspecified atom stereocenters. The smallest absolute Gasteiger partial charge is 0.0767 e. The van der Waals surface area contributed by atoms with Crippen LogP contribution in [0.2, 0.25) is 0 Å². The molecule has 0 aliphatic rings. The molecule has 5 heteroatoms. The Balaban J connectivity index is 2.14. The summed E-state index contributed by atoms with van der Waals surface area (Å²) >= 11 is 3.50. The second kappa shape index (κ2) is 7.77. The van der Waals surface area contributed by atoms with E-state index in [1.807, 2.05) is 0 Å². The van der Waals surface area contributed by atoms with E-state index in [-0.39, 0.29) is 18.7 Å². The van der Waals surface area contributed by atoms with Gasteiger partial charge in [0.25, 0.3) is 0 Å². The van der Waals surface area contributed by atoms with Gasteiger partial charge in [-0.05, 0) is 29.3 Å². The van der Waals surface area contributed by atoms with Crippen molar-refractivity contribution in [3.05, 3.63) is 44.8 Å². The summed E-state index contributed by atoms with van der Waals surface area (Å²) in [6.07, 6.45) is 0.696. The zero-order valence-electron chi connectivity index (χ0n) is 10.9. The Hall–Kier alpha value is -0.720. The number of hydrogen-bond acceptors (Lipinski definition) is 5. The Bertz CT molecular complexity index is 402. The highest BCUT2D eigenvalue weighted by Crippen LogP contribution is 2.29. The zero-order chi connectivity index (χ0) is 13.5. The van der Waals surface area contributed by atoms with Crippen molar-refractivity contribution in [2.75, 3.05) is 20.3 Å². The Kier molecular flexibility index (Phi) is 6.00. The molecule has 0 fully saturated rings. The monoisotopic (exact) mass is 297 g/mol. The summed E-state index contributed by atoms with van der Waals surface area (Å²) in [4.78, 5) is 2.59. The molecule has 2 aromatic rings. The molecule has 104 valence electrons. The molecule has 0 saturated carbocycles. The Morgan fingerprint density at radius 2 is 1.84 bits per heavy atom. The van der Waals surface area contributed by atoms with Gasteiger partial charge in [0.05, 0.1) is 12.6 Å². The average molecular weight is 297 g/mol. The van der Waals surface area contributed by atoms with Gasteiger partial charge < -0.3 is 9.84 Å².